The molecule has 16 heavy (non-hydrogen) atoms. The number of amides is 1. The first-order chi connectivity index (χ1) is 7.54. The van der Waals surface area contributed by atoms with Gasteiger partial charge in [-0.05, 0) is 30.7 Å². The van der Waals surface area contributed by atoms with Gasteiger partial charge in [-0.25, -0.2) is 4.79 Å². The molecule has 1 aromatic carbocycles. The summed E-state index contributed by atoms with van der Waals surface area (Å²) in [7, 11) is 0. The summed E-state index contributed by atoms with van der Waals surface area (Å²) in [6, 6.07) is 6.24. The number of nitrogen functional groups attached to an aromatic ring is 1. The van der Waals surface area contributed by atoms with Crippen LogP contribution in [0.1, 0.15) is 23.7 Å². The summed E-state index contributed by atoms with van der Waals surface area (Å²) in [4.78, 5) is 22.4. The third-order valence-corrected chi connectivity index (χ3v) is 2.08. The van der Waals surface area contributed by atoms with Crippen LogP contribution in [0.3, 0.4) is 0 Å². The Morgan fingerprint density at radius 1 is 1.31 bits per heavy atom. The normalized spacial score (nSPS) is 11.8. The van der Waals surface area contributed by atoms with Gasteiger partial charge in [-0.3, -0.25) is 4.79 Å². The molecule has 86 valence electrons. The molecule has 0 saturated heterocycles. The molecule has 0 bridgehead atoms. The summed E-state index contributed by atoms with van der Waals surface area (Å²) in [5, 5.41) is 0. The summed E-state index contributed by atoms with van der Waals surface area (Å²) >= 11 is 0. The number of carbonyl (C=O) groups is 2. The van der Waals surface area contributed by atoms with Crippen molar-refractivity contribution in [2.24, 2.45) is 5.73 Å². The highest BCUT2D eigenvalue weighted by atomic mass is 16.5. The zero-order chi connectivity index (χ0) is 12.1. The lowest BCUT2D eigenvalue weighted by atomic mass is 10.2. The van der Waals surface area contributed by atoms with Crippen LogP contribution in [0.5, 0.6) is 0 Å². The predicted molar refractivity (Wildman–Crippen MR) is 59.5 cm³/mol. The van der Waals surface area contributed by atoms with E-state index in [0.717, 1.165) is 0 Å². The van der Waals surface area contributed by atoms with Crippen molar-refractivity contribution in [1.29, 1.82) is 0 Å². The number of benzene rings is 1. The standard InChI is InChI=1S/C11H14N2O3/c1-2-9(10(13)14)16-11(15)7-3-5-8(12)6-4-7/h3-6,9H,2,12H2,1H3,(H2,13,14). The number of rotatable bonds is 4. The SMILES string of the molecule is CCC(OC(=O)c1ccc(N)cc1)C(N)=O. The number of nitrogens with two attached hydrogens (primary N) is 2. The average molecular weight is 222 g/mol. The zero-order valence-corrected chi connectivity index (χ0v) is 8.97. The van der Waals surface area contributed by atoms with Crippen LogP contribution in [-0.4, -0.2) is 18.0 Å². The largest absolute Gasteiger partial charge is 0.449 e. The van der Waals surface area contributed by atoms with Crippen LogP contribution in [0, 0.1) is 0 Å². The summed E-state index contributed by atoms with van der Waals surface area (Å²) in [6.07, 6.45) is -0.527. The van der Waals surface area contributed by atoms with Gasteiger partial charge in [0.05, 0.1) is 5.56 Å². The molecule has 0 saturated carbocycles. The maximum atomic E-state index is 11.6. The molecule has 0 fully saturated rings. The highest BCUT2D eigenvalue weighted by Crippen LogP contribution is 2.09. The lowest BCUT2D eigenvalue weighted by Crippen LogP contribution is -2.32. The number of carbonyl (C=O) groups excluding carboxylic acids is 2. The number of ether oxygens (including phenoxy) is 1. The highest BCUT2D eigenvalue weighted by molar-refractivity contribution is 5.92. The third-order valence-electron chi connectivity index (χ3n) is 2.08. The second-order valence-corrected chi connectivity index (χ2v) is 3.33. The summed E-state index contributed by atoms with van der Waals surface area (Å²) in [6.45, 7) is 1.71. The van der Waals surface area contributed by atoms with Gasteiger partial charge in [0.2, 0.25) is 0 Å². The molecule has 1 amide bonds. The molecule has 1 unspecified atom stereocenters. The van der Waals surface area contributed by atoms with Crippen LogP contribution in [0.2, 0.25) is 0 Å². The van der Waals surface area contributed by atoms with E-state index in [-0.39, 0.29) is 0 Å². The van der Waals surface area contributed by atoms with E-state index in [9.17, 15) is 9.59 Å². The van der Waals surface area contributed by atoms with E-state index >= 15 is 0 Å². The first kappa shape index (κ1) is 12.0. The van der Waals surface area contributed by atoms with Crippen molar-refractivity contribution in [3.63, 3.8) is 0 Å². The van der Waals surface area contributed by atoms with Crippen LogP contribution in [0.4, 0.5) is 5.69 Å². The molecule has 1 rings (SSSR count). The fourth-order valence-electron chi connectivity index (χ4n) is 1.16. The van der Waals surface area contributed by atoms with Gasteiger partial charge in [0, 0.05) is 5.69 Å². The molecule has 5 nitrogen and oxygen atoms in total. The number of esters is 1. The Morgan fingerprint density at radius 3 is 2.31 bits per heavy atom. The van der Waals surface area contributed by atoms with Crippen molar-refractivity contribution in [2.45, 2.75) is 19.4 Å². The molecule has 4 N–H and O–H groups in total. The number of anilines is 1. The first-order valence-corrected chi connectivity index (χ1v) is 4.90. The van der Waals surface area contributed by atoms with Gasteiger partial charge >= 0.3 is 5.97 Å². The average Bonchev–Trinajstić information content (AvgIpc) is 2.26. The zero-order valence-electron chi connectivity index (χ0n) is 8.97. The summed E-state index contributed by atoms with van der Waals surface area (Å²) in [5.74, 6) is -1.23. The van der Waals surface area contributed by atoms with E-state index in [1.807, 2.05) is 0 Å². The number of hydrogen-bond acceptors (Lipinski definition) is 4. The molecule has 0 spiro atoms. The Bertz CT molecular complexity index is 387. The molecular formula is C11H14N2O3. The van der Waals surface area contributed by atoms with E-state index in [2.05, 4.69) is 0 Å². The van der Waals surface area contributed by atoms with Crippen molar-refractivity contribution in [1.82, 2.24) is 0 Å². The molecule has 0 aliphatic heterocycles. The van der Waals surface area contributed by atoms with Crippen LogP contribution in [-0.2, 0) is 9.53 Å². The van der Waals surface area contributed by atoms with Gasteiger partial charge in [-0.1, -0.05) is 6.92 Å². The third kappa shape index (κ3) is 2.98. The minimum absolute atomic E-state index is 0.342. The van der Waals surface area contributed by atoms with E-state index < -0.39 is 18.0 Å². The van der Waals surface area contributed by atoms with E-state index in [4.69, 9.17) is 16.2 Å². The predicted octanol–water partition coefficient (Wildman–Crippen LogP) is 0.690. The van der Waals surface area contributed by atoms with Gasteiger partial charge in [-0.2, -0.15) is 0 Å². The molecule has 0 aliphatic rings. The summed E-state index contributed by atoms with van der Waals surface area (Å²) in [5.41, 5.74) is 11.4. The van der Waals surface area contributed by atoms with Gasteiger partial charge in [0.1, 0.15) is 0 Å². The van der Waals surface area contributed by atoms with Crippen molar-refractivity contribution >= 4 is 17.6 Å². The van der Waals surface area contributed by atoms with Gasteiger partial charge < -0.3 is 16.2 Å². The number of hydrogen-bond donors (Lipinski definition) is 2. The Hall–Kier alpha value is -2.04. The second kappa shape index (κ2) is 5.16. The van der Waals surface area contributed by atoms with Crippen molar-refractivity contribution in [3.8, 4) is 0 Å². The van der Waals surface area contributed by atoms with Crippen LogP contribution < -0.4 is 11.5 Å². The Balaban J connectivity index is 2.71. The molecule has 5 heteroatoms. The van der Waals surface area contributed by atoms with E-state index in [0.29, 0.717) is 17.7 Å². The minimum Gasteiger partial charge on any atom is -0.449 e. The van der Waals surface area contributed by atoms with E-state index in [1.54, 1.807) is 19.1 Å². The molecule has 0 radical (unpaired) electrons. The maximum absolute atomic E-state index is 11.6. The van der Waals surface area contributed by atoms with Crippen LogP contribution in [0.15, 0.2) is 24.3 Å². The molecule has 1 atom stereocenters. The quantitative estimate of drug-likeness (QED) is 0.578. The smallest absolute Gasteiger partial charge is 0.338 e. The lowest BCUT2D eigenvalue weighted by Gasteiger charge is -2.12. The fraction of sp³-hybridized carbons (Fsp3) is 0.273. The van der Waals surface area contributed by atoms with E-state index in [1.165, 1.54) is 12.1 Å². The van der Waals surface area contributed by atoms with Gasteiger partial charge in [0.25, 0.3) is 5.91 Å². The minimum atomic E-state index is -0.884. The molecule has 0 aliphatic carbocycles. The highest BCUT2D eigenvalue weighted by Gasteiger charge is 2.18. The Kier molecular flexibility index (Phi) is 3.88. The van der Waals surface area contributed by atoms with Crippen LogP contribution in [0.25, 0.3) is 0 Å². The topological polar surface area (TPSA) is 95.4 Å². The molecule has 0 heterocycles. The molecule has 0 aromatic heterocycles. The van der Waals surface area contributed by atoms with Crippen molar-refractivity contribution < 1.29 is 14.3 Å². The fourth-order valence-corrected chi connectivity index (χ4v) is 1.16. The second-order valence-electron chi connectivity index (χ2n) is 3.33. The maximum Gasteiger partial charge on any atom is 0.338 e. The Morgan fingerprint density at radius 2 is 1.88 bits per heavy atom. The van der Waals surface area contributed by atoms with Crippen LogP contribution >= 0.6 is 0 Å². The van der Waals surface area contributed by atoms with Crippen molar-refractivity contribution in [2.75, 3.05) is 5.73 Å². The molecular weight excluding hydrogens is 208 g/mol. The molecule has 1 aromatic rings. The van der Waals surface area contributed by atoms with Gasteiger partial charge in [-0.15, -0.1) is 0 Å². The number of primary amides is 1. The first-order valence-electron chi connectivity index (χ1n) is 4.90. The monoisotopic (exact) mass is 222 g/mol. The Labute approximate surface area is 93.4 Å². The van der Waals surface area contributed by atoms with Crippen molar-refractivity contribution in [3.05, 3.63) is 29.8 Å². The van der Waals surface area contributed by atoms with Gasteiger partial charge in [0.15, 0.2) is 6.10 Å². The lowest BCUT2D eigenvalue weighted by molar-refractivity contribution is -0.126. The summed E-state index contributed by atoms with van der Waals surface area (Å²) < 4.78 is 4.93.